The third kappa shape index (κ3) is 3.01. The van der Waals surface area contributed by atoms with Crippen LogP contribution in [-0.2, 0) is 9.53 Å². The Balaban J connectivity index is 2.03. The average Bonchev–Trinajstić information content (AvgIpc) is 2.73. The van der Waals surface area contributed by atoms with Crippen molar-refractivity contribution in [3.63, 3.8) is 0 Å². The van der Waals surface area contributed by atoms with Crippen LogP contribution in [0.1, 0.15) is 17.4 Å². The van der Waals surface area contributed by atoms with Gasteiger partial charge in [-0.1, -0.05) is 30.3 Å². The van der Waals surface area contributed by atoms with E-state index in [4.69, 9.17) is 4.74 Å². The maximum absolute atomic E-state index is 11.8. The maximum atomic E-state index is 11.8. The standard InChI is InChI=1S/C13H17NO2S/c1-16-9-5-8-14-12(15)10-17-13(14)11-6-3-2-4-7-11/h2-4,6-7,13H,5,8-10H2,1H3. The Bertz CT molecular complexity index is 369. The molecule has 0 aliphatic carbocycles. The van der Waals surface area contributed by atoms with Gasteiger partial charge in [0.2, 0.25) is 5.91 Å². The fourth-order valence-electron chi connectivity index (χ4n) is 1.97. The molecule has 1 aliphatic heterocycles. The normalized spacial score (nSPS) is 19.9. The van der Waals surface area contributed by atoms with Crippen molar-refractivity contribution in [2.45, 2.75) is 11.8 Å². The molecule has 0 spiro atoms. The number of carbonyl (C=O) groups excluding carboxylic acids is 1. The largest absolute Gasteiger partial charge is 0.385 e. The molecule has 1 aliphatic rings. The Labute approximate surface area is 106 Å². The number of benzene rings is 1. The number of rotatable bonds is 5. The van der Waals surface area contributed by atoms with Gasteiger partial charge in [0.1, 0.15) is 5.37 Å². The van der Waals surface area contributed by atoms with Crippen LogP contribution >= 0.6 is 11.8 Å². The van der Waals surface area contributed by atoms with Crippen molar-refractivity contribution in [3.8, 4) is 0 Å². The third-order valence-corrected chi connectivity index (χ3v) is 4.06. The molecular formula is C13H17NO2S. The van der Waals surface area contributed by atoms with Crippen LogP contribution < -0.4 is 0 Å². The van der Waals surface area contributed by atoms with Gasteiger partial charge in [0.15, 0.2) is 0 Å². The predicted octanol–water partition coefficient (Wildman–Crippen LogP) is 2.30. The van der Waals surface area contributed by atoms with Crippen molar-refractivity contribution < 1.29 is 9.53 Å². The van der Waals surface area contributed by atoms with Crippen molar-refractivity contribution in [1.82, 2.24) is 4.90 Å². The number of nitrogens with zero attached hydrogens (tertiary/aromatic N) is 1. The number of carbonyl (C=O) groups is 1. The summed E-state index contributed by atoms with van der Waals surface area (Å²) in [6.07, 6.45) is 0.895. The molecule has 1 aromatic rings. The molecule has 0 aromatic heterocycles. The summed E-state index contributed by atoms with van der Waals surface area (Å²) in [6, 6.07) is 10.2. The second-order valence-corrected chi connectivity index (χ2v) is 5.08. The van der Waals surface area contributed by atoms with Crippen molar-refractivity contribution in [1.29, 1.82) is 0 Å². The van der Waals surface area contributed by atoms with Gasteiger partial charge in [0, 0.05) is 20.3 Å². The topological polar surface area (TPSA) is 29.5 Å². The smallest absolute Gasteiger partial charge is 0.233 e. The molecule has 1 amide bonds. The van der Waals surface area contributed by atoms with E-state index in [1.165, 1.54) is 5.56 Å². The first-order valence-electron chi connectivity index (χ1n) is 5.78. The summed E-state index contributed by atoms with van der Waals surface area (Å²) in [5.74, 6) is 0.826. The Hall–Kier alpha value is -1.00. The maximum Gasteiger partial charge on any atom is 0.233 e. The number of hydrogen-bond donors (Lipinski definition) is 0. The van der Waals surface area contributed by atoms with Gasteiger partial charge in [-0.2, -0.15) is 0 Å². The van der Waals surface area contributed by atoms with E-state index in [0.29, 0.717) is 12.4 Å². The Kier molecular flexibility index (Phi) is 4.45. The van der Waals surface area contributed by atoms with Gasteiger partial charge in [-0.05, 0) is 12.0 Å². The molecule has 0 radical (unpaired) electrons. The fourth-order valence-corrected chi connectivity index (χ4v) is 3.19. The summed E-state index contributed by atoms with van der Waals surface area (Å²) >= 11 is 1.71. The Morgan fingerprint density at radius 1 is 1.41 bits per heavy atom. The summed E-state index contributed by atoms with van der Waals surface area (Å²) < 4.78 is 5.03. The first kappa shape index (κ1) is 12.5. The molecule has 1 heterocycles. The van der Waals surface area contributed by atoms with Crippen LogP contribution in [0, 0.1) is 0 Å². The van der Waals surface area contributed by atoms with Gasteiger partial charge in [0.05, 0.1) is 5.75 Å². The third-order valence-electron chi connectivity index (χ3n) is 2.80. The Morgan fingerprint density at radius 2 is 2.18 bits per heavy atom. The summed E-state index contributed by atoms with van der Waals surface area (Å²) in [5, 5.41) is 0.181. The van der Waals surface area contributed by atoms with Crippen molar-refractivity contribution in [3.05, 3.63) is 35.9 Å². The minimum absolute atomic E-state index is 0.181. The quantitative estimate of drug-likeness (QED) is 0.752. The Morgan fingerprint density at radius 3 is 2.88 bits per heavy atom. The van der Waals surface area contributed by atoms with E-state index in [-0.39, 0.29) is 11.3 Å². The number of amides is 1. The van der Waals surface area contributed by atoms with E-state index in [9.17, 15) is 4.79 Å². The highest BCUT2D eigenvalue weighted by atomic mass is 32.2. The van der Waals surface area contributed by atoms with Gasteiger partial charge in [-0.15, -0.1) is 11.8 Å². The molecule has 1 saturated heterocycles. The van der Waals surface area contributed by atoms with Gasteiger partial charge in [-0.3, -0.25) is 4.79 Å². The molecule has 0 saturated carbocycles. The van der Waals surface area contributed by atoms with Crippen molar-refractivity contribution in [2.24, 2.45) is 0 Å². The molecule has 1 aromatic carbocycles. The SMILES string of the molecule is COCCCN1C(=O)CSC1c1ccccc1. The van der Waals surface area contributed by atoms with Crippen LogP contribution in [0.25, 0.3) is 0 Å². The second-order valence-electron chi connectivity index (χ2n) is 4.01. The van der Waals surface area contributed by atoms with E-state index in [0.717, 1.165) is 13.0 Å². The number of thioether (sulfide) groups is 1. The molecule has 1 unspecified atom stereocenters. The highest BCUT2D eigenvalue weighted by molar-refractivity contribution is 8.00. The van der Waals surface area contributed by atoms with E-state index >= 15 is 0 Å². The lowest BCUT2D eigenvalue weighted by molar-refractivity contribution is -0.128. The average molecular weight is 251 g/mol. The molecule has 0 bridgehead atoms. The first-order valence-corrected chi connectivity index (χ1v) is 6.83. The number of hydrogen-bond acceptors (Lipinski definition) is 3. The zero-order valence-electron chi connectivity index (χ0n) is 9.96. The zero-order valence-corrected chi connectivity index (χ0v) is 10.8. The zero-order chi connectivity index (χ0) is 12.1. The van der Waals surface area contributed by atoms with Crippen LogP contribution in [0.5, 0.6) is 0 Å². The molecular weight excluding hydrogens is 234 g/mol. The fraction of sp³-hybridized carbons (Fsp3) is 0.462. The molecule has 2 rings (SSSR count). The van der Waals surface area contributed by atoms with Crippen molar-refractivity contribution >= 4 is 17.7 Å². The second kappa shape index (κ2) is 6.07. The minimum atomic E-state index is 0.181. The van der Waals surface area contributed by atoms with Gasteiger partial charge >= 0.3 is 0 Å². The van der Waals surface area contributed by atoms with E-state index in [2.05, 4.69) is 12.1 Å². The lowest BCUT2D eigenvalue weighted by atomic mass is 10.2. The van der Waals surface area contributed by atoms with E-state index < -0.39 is 0 Å². The number of ether oxygens (including phenoxy) is 1. The summed E-state index contributed by atoms with van der Waals surface area (Å²) in [4.78, 5) is 13.8. The highest BCUT2D eigenvalue weighted by Gasteiger charge is 2.31. The lowest BCUT2D eigenvalue weighted by Crippen LogP contribution is -2.29. The predicted molar refractivity (Wildman–Crippen MR) is 69.8 cm³/mol. The van der Waals surface area contributed by atoms with Gasteiger partial charge in [0.25, 0.3) is 0 Å². The molecule has 1 atom stereocenters. The van der Waals surface area contributed by atoms with Crippen LogP contribution in [0.15, 0.2) is 30.3 Å². The minimum Gasteiger partial charge on any atom is -0.385 e. The molecule has 17 heavy (non-hydrogen) atoms. The van der Waals surface area contributed by atoms with Crippen LogP contribution in [0.3, 0.4) is 0 Å². The highest BCUT2D eigenvalue weighted by Crippen LogP contribution is 2.38. The van der Waals surface area contributed by atoms with Crippen LogP contribution in [0.4, 0.5) is 0 Å². The monoisotopic (exact) mass is 251 g/mol. The van der Waals surface area contributed by atoms with Crippen LogP contribution in [0.2, 0.25) is 0 Å². The van der Waals surface area contributed by atoms with Gasteiger partial charge < -0.3 is 9.64 Å². The van der Waals surface area contributed by atoms with Crippen LogP contribution in [-0.4, -0.2) is 36.8 Å². The first-order chi connectivity index (χ1) is 8.33. The summed E-state index contributed by atoms with van der Waals surface area (Å²) in [6.45, 7) is 1.48. The lowest BCUT2D eigenvalue weighted by Gasteiger charge is -2.24. The number of methoxy groups -OCH3 is 1. The summed E-state index contributed by atoms with van der Waals surface area (Å²) in [5.41, 5.74) is 1.21. The van der Waals surface area contributed by atoms with Crippen molar-refractivity contribution in [2.75, 3.05) is 26.0 Å². The summed E-state index contributed by atoms with van der Waals surface area (Å²) in [7, 11) is 1.69. The molecule has 3 nitrogen and oxygen atoms in total. The van der Waals surface area contributed by atoms with E-state index in [1.54, 1.807) is 18.9 Å². The molecule has 4 heteroatoms. The van der Waals surface area contributed by atoms with Gasteiger partial charge in [-0.25, -0.2) is 0 Å². The molecule has 92 valence electrons. The van der Waals surface area contributed by atoms with E-state index in [1.807, 2.05) is 23.1 Å². The molecule has 0 N–H and O–H groups in total. The molecule has 1 fully saturated rings.